The first-order valence-corrected chi connectivity index (χ1v) is 9.80. The highest BCUT2D eigenvalue weighted by Crippen LogP contribution is 2.29. The molecule has 130 valence electrons. The summed E-state index contributed by atoms with van der Waals surface area (Å²) in [5.41, 5.74) is 3.52. The molecule has 4 rings (SSSR count). The summed E-state index contributed by atoms with van der Waals surface area (Å²) in [6.07, 6.45) is 5.48. The average molecular weight is 380 g/mol. The Labute approximate surface area is 158 Å². The van der Waals surface area contributed by atoms with Crippen molar-refractivity contribution in [2.75, 3.05) is 0 Å². The van der Waals surface area contributed by atoms with Gasteiger partial charge in [-0.05, 0) is 36.1 Å². The molecule has 0 spiro atoms. The number of imidazole rings is 1. The monoisotopic (exact) mass is 380 g/mol. The van der Waals surface area contributed by atoms with E-state index in [9.17, 15) is 9.90 Å². The molecule has 3 aromatic heterocycles. The number of nitrogens with zero attached hydrogens (tertiary/aromatic N) is 2. The van der Waals surface area contributed by atoms with Crippen LogP contribution >= 0.6 is 22.7 Å². The van der Waals surface area contributed by atoms with E-state index >= 15 is 0 Å². The fraction of sp³-hybridized carbons (Fsp3) is 0.100. The van der Waals surface area contributed by atoms with Crippen molar-refractivity contribution in [1.29, 1.82) is 0 Å². The van der Waals surface area contributed by atoms with Crippen molar-refractivity contribution >= 4 is 39.5 Å². The van der Waals surface area contributed by atoms with Crippen LogP contribution in [0.5, 0.6) is 0 Å². The topological polar surface area (TPSA) is 54.6 Å². The van der Waals surface area contributed by atoms with E-state index in [1.165, 1.54) is 11.3 Å². The minimum Gasteiger partial charge on any atom is -0.392 e. The van der Waals surface area contributed by atoms with E-state index in [1.807, 2.05) is 65.4 Å². The molecule has 0 aliphatic heterocycles. The van der Waals surface area contributed by atoms with Gasteiger partial charge in [-0.3, -0.25) is 9.20 Å². The largest absolute Gasteiger partial charge is 0.392 e. The van der Waals surface area contributed by atoms with Crippen molar-refractivity contribution in [1.82, 2.24) is 9.38 Å². The van der Waals surface area contributed by atoms with Crippen LogP contribution in [0.3, 0.4) is 0 Å². The first-order valence-electron chi connectivity index (χ1n) is 8.10. The number of carbonyl (C=O) groups is 1. The number of fused-ring (bicyclic) bond motifs is 1. The highest BCUT2D eigenvalue weighted by atomic mass is 32.1. The lowest BCUT2D eigenvalue weighted by molar-refractivity contribution is 0.105. The van der Waals surface area contributed by atoms with Crippen LogP contribution in [0.4, 0.5) is 0 Å². The fourth-order valence-corrected chi connectivity index (χ4v) is 4.25. The van der Waals surface area contributed by atoms with Gasteiger partial charge < -0.3 is 5.11 Å². The Hall–Kier alpha value is -2.54. The number of aryl methyl sites for hydroxylation is 1. The van der Waals surface area contributed by atoms with Crippen LogP contribution in [0.25, 0.3) is 22.3 Å². The summed E-state index contributed by atoms with van der Waals surface area (Å²) in [6.45, 7) is 2.05. The zero-order chi connectivity index (χ0) is 18.1. The second-order valence-electron chi connectivity index (χ2n) is 5.87. The maximum Gasteiger partial charge on any atom is 0.195 e. The Balaban J connectivity index is 1.79. The van der Waals surface area contributed by atoms with E-state index in [2.05, 4.69) is 0 Å². The summed E-state index contributed by atoms with van der Waals surface area (Å²) in [5.74, 6) is -0.0107. The first-order chi connectivity index (χ1) is 12.7. The number of benzene rings is 1. The lowest BCUT2D eigenvalue weighted by Crippen LogP contribution is -1.91. The SMILES string of the molecule is Cc1cn2c(/C=C/C(=O)c3cccs3)c(-c3ccc(CO)cc3)nc2s1. The van der Waals surface area contributed by atoms with E-state index in [0.29, 0.717) is 0 Å². The van der Waals surface area contributed by atoms with Gasteiger partial charge in [0.2, 0.25) is 0 Å². The number of ketones is 1. The molecule has 1 N–H and O–H groups in total. The summed E-state index contributed by atoms with van der Waals surface area (Å²) in [7, 11) is 0. The van der Waals surface area contributed by atoms with Crippen LogP contribution < -0.4 is 0 Å². The summed E-state index contributed by atoms with van der Waals surface area (Å²) in [6, 6.07) is 11.4. The molecular formula is C20H16N2O2S2. The van der Waals surface area contributed by atoms with Gasteiger partial charge in [-0.25, -0.2) is 4.98 Å². The predicted octanol–water partition coefficient (Wildman–Crippen LogP) is 4.82. The van der Waals surface area contributed by atoms with Gasteiger partial charge in [-0.1, -0.05) is 30.3 Å². The molecule has 1 aromatic carbocycles. The van der Waals surface area contributed by atoms with Crippen molar-refractivity contribution in [3.8, 4) is 11.3 Å². The lowest BCUT2D eigenvalue weighted by Gasteiger charge is -2.02. The van der Waals surface area contributed by atoms with E-state index in [4.69, 9.17) is 4.98 Å². The molecule has 0 radical (unpaired) electrons. The minimum atomic E-state index is -0.0107. The van der Waals surface area contributed by atoms with Crippen LogP contribution in [0.15, 0.2) is 54.1 Å². The van der Waals surface area contributed by atoms with Crippen molar-refractivity contribution < 1.29 is 9.90 Å². The number of aromatic nitrogens is 2. The molecule has 0 amide bonds. The number of carbonyl (C=O) groups excluding carboxylic acids is 1. The normalized spacial score (nSPS) is 11.6. The molecule has 0 aliphatic rings. The maximum atomic E-state index is 12.3. The number of aliphatic hydroxyl groups is 1. The van der Waals surface area contributed by atoms with E-state index < -0.39 is 0 Å². The molecule has 0 saturated heterocycles. The number of hydrogen-bond donors (Lipinski definition) is 1. The zero-order valence-corrected chi connectivity index (χ0v) is 15.7. The number of allylic oxidation sites excluding steroid dienone is 1. The van der Waals surface area contributed by atoms with Crippen LogP contribution in [-0.4, -0.2) is 20.3 Å². The zero-order valence-electron chi connectivity index (χ0n) is 14.0. The molecule has 0 fully saturated rings. The van der Waals surface area contributed by atoms with Crippen molar-refractivity contribution in [2.24, 2.45) is 0 Å². The highest BCUT2D eigenvalue weighted by Gasteiger charge is 2.14. The molecule has 3 heterocycles. The molecule has 0 aliphatic carbocycles. The Morgan fingerprint density at radius 3 is 2.77 bits per heavy atom. The van der Waals surface area contributed by atoms with E-state index in [-0.39, 0.29) is 12.4 Å². The minimum absolute atomic E-state index is 0.0107. The van der Waals surface area contributed by atoms with Gasteiger partial charge >= 0.3 is 0 Å². The Kier molecular flexibility index (Phi) is 4.55. The third-order valence-corrected chi connectivity index (χ3v) is 5.83. The Morgan fingerprint density at radius 1 is 1.27 bits per heavy atom. The molecule has 4 aromatic rings. The van der Waals surface area contributed by atoms with Gasteiger partial charge in [-0.2, -0.15) is 0 Å². The Morgan fingerprint density at radius 2 is 2.08 bits per heavy atom. The first kappa shape index (κ1) is 16.9. The molecule has 0 bridgehead atoms. The predicted molar refractivity (Wildman–Crippen MR) is 107 cm³/mol. The average Bonchev–Trinajstić information content (AvgIpc) is 3.36. The maximum absolute atomic E-state index is 12.3. The number of thiazole rings is 1. The lowest BCUT2D eigenvalue weighted by atomic mass is 10.1. The van der Waals surface area contributed by atoms with Crippen LogP contribution in [-0.2, 0) is 6.61 Å². The van der Waals surface area contributed by atoms with Gasteiger partial charge in [0.1, 0.15) is 0 Å². The second-order valence-corrected chi connectivity index (χ2v) is 8.03. The van der Waals surface area contributed by atoms with Gasteiger partial charge in [0.25, 0.3) is 0 Å². The van der Waals surface area contributed by atoms with Crippen molar-refractivity contribution in [2.45, 2.75) is 13.5 Å². The molecule has 0 atom stereocenters. The van der Waals surface area contributed by atoms with Gasteiger partial charge in [-0.15, -0.1) is 22.7 Å². The van der Waals surface area contributed by atoms with Gasteiger partial charge in [0.15, 0.2) is 10.7 Å². The Bertz CT molecular complexity index is 1090. The van der Waals surface area contributed by atoms with Crippen molar-refractivity contribution in [3.63, 3.8) is 0 Å². The van der Waals surface area contributed by atoms with Gasteiger partial charge in [0, 0.05) is 16.6 Å². The van der Waals surface area contributed by atoms with E-state index in [1.54, 1.807) is 17.4 Å². The molecular weight excluding hydrogens is 364 g/mol. The van der Waals surface area contributed by atoms with Crippen LogP contribution in [0.1, 0.15) is 25.8 Å². The smallest absolute Gasteiger partial charge is 0.195 e. The van der Waals surface area contributed by atoms with E-state index in [0.717, 1.165) is 37.2 Å². The molecule has 0 unspecified atom stereocenters. The van der Waals surface area contributed by atoms with Crippen molar-refractivity contribution in [3.05, 3.63) is 75.1 Å². The number of thiophene rings is 1. The summed E-state index contributed by atoms with van der Waals surface area (Å²) >= 11 is 3.05. The molecule has 6 heteroatoms. The summed E-state index contributed by atoms with van der Waals surface area (Å²) < 4.78 is 2.02. The fourth-order valence-electron chi connectivity index (χ4n) is 2.77. The third-order valence-electron chi connectivity index (χ3n) is 4.05. The highest BCUT2D eigenvalue weighted by molar-refractivity contribution is 7.17. The number of hydrogen-bond acceptors (Lipinski definition) is 5. The summed E-state index contributed by atoms with van der Waals surface area (Å²) in [5, 5.41) is 11.1. The van der Waals surface area contributed by atoms with Crippen LogP contribution in [0.2, 0.25) is 0 Å². The van der Waals surface area contributed by atoms with Gasteiger partial charge in [0.05, 0.1) is 22.9 Å². The van der Waals surface area contributed by atoms with Crippen LogP contribution in [0, 0.1) is 6.92 Å². The number of aliphatic hydroxyl groups excluding tert-OH is 1. The quantitative estimate of drug-likeness (QED) is 0.399. The standard InChI is InChI=1S/C20H16N2O2S2/c1-13-11-22-16(8-9-17(24)18-3-2-10-25-18)19(21-20(22)26-13)15-6-4-14(12-23)5-7-15/h2-11,23H,12H2,1H3/b9-8+. The molecule has 26 heavy (non-hydrogen) atoms. The third kappa shape index (κ3) is 3.14. The molecule has 4 nitrogen and oxygen atoms in total. The second kappa shape index (κ2) is 6.99. The summed E-state index contributed by atoms with van der Waals surface area (Å²) in [4.78, 5) is 19.9. The molecule has 0 saturated carbocycles. The number of rotatable bonds is 5.